The lowest BCUT2D eigenvalue weighted by molar-refractivity contribution is -0.115. The number of fused-ring (bicyclic) bond motifs is 3. The van der Waals surface area contributed by atoms with Crippen molar-refractivity contribution < 1.29 is 14.3 Å². The molecule has 0 atom stereocenters. The molecule has 2 heterocycles. The Morgan fingerprint density at radius 3 is 2.93 bits per heavy atom. The summed E-state index contributed by atoms with van der Waals surface area (Å²) in [5.74, 6) is 1.27. The Labute approximate surface area is 182 Å². The molecule has 1 aromatic carbocycles. The minimum atomic E-state index is -0.356. The molecule has 0 saturated heterocycles. The van der Waals surface area contributed by atoms with Gasteiger partial charge in [0.15, 0.2) is 0 Å². The number of hydrogen-bond acceptors (Lipinski definition) is 7. The Balaban J connectivity index is 1.55. The van der Waals surface area contributed by atoms with E-state index in [9.17, 15) is 9.59 Å². The normalized spacial score (nSPS) is 14.7. The SMILES string of the molecule is CCOC(=O)c1c(NC(=O)CCSC2=NCCS2)sc2c1CCc1ccccc1-2. The molecule has 1 aliphatic heterocycles. The Morgan fingerprint density at radius 2 is 2.14 bits per heavy atom. The van der Waals surface area contributed by atoms with Crippen LogP contribution in [0.5, 0.6) is 0 Å². The molecule has 0 radical (unpaired) electrons. The maximum atomic E-state index is 12.7. The lowest BCUT2D eigenvalue weighted by Crippen LogP contribution is -2.16. The molecular formula is C21H22N2O3S3. The number of nitrogens with zero attached hydrogens (tertiary/aromatic N) is 1. The fourth-order valence-corrected chi connectivity index (χ4v) is 6.80. The van der Waals surface area contributed by atoms with E-state index in [4.69, 9.17) is 4.74 Å². The summed E-state index contributed by atoms with van der Waals surface area (Å²) in [5.41, 5.74) is 3.95. The standard InChI is InChI=1S/C21H22N2O3S3/c1-2-26-20(25)17-15-8-7-13-5-3-4-6-14(13)18(15)29-19(17)23-16(24)9-11-27-21-22-10-12-28-21/h3-6H,2,7-12H2,1H3,(H,23,24). The molecule has 0 unspecified atom stereocenters. The first-order valence-electron chi connectivity index (χ1n) is 9.68. The highest BCUT2D eigenvalue weighted by atomic mass is 32.2. The zero-order chi connectivity index (χ0) is 20.2. The summed E-state index contributed by atoms with van der Waals surface area (Å²) in [6.07, 6.45) is 2.04. The predicted molar refractivity (Wildman–Crippen MR) is 124 cm³/mol. The van der Waals surface area contributed by atoms with Gasteiger partial charge in [-0.3, -0.25) is 9.79 Å². The third-order valence-electron chi connectivity index (χ3n) is 4.76. The van der Waals surface area contributed by atoms with Gasteiger partial charge >= 0.3 is 5.97 Å². The van der Waals surface area contributed by atoms with E-state index < -0.39 is 0 Å². The summed E-state index contributed by atoms with van der Waals surface area (Å²) in [5, 5.41) is 3.59. The van der Waals surface area contributed by atoms with Crippen LogP contribution in [0.1, 0.15) is 34.8 Å². The van der Waals surface area contributed by atoms with Crippen LogP contribution in [0.4, 0.5) is 5.00 Å². The largest absolute Gasteiger partial charge is 0.462 e. The van der Waals surface area contributed by atoms with Crippen LogP contribution in [0.25, 0.3) is 10.4 Å². The van der Waals surface area contributed by atoms with Gasteiger partial charge in [-0.1, -0.05) is 47.8 Å². The molecule has 4 rings (SSSR count). The molecule has 1 aromatic heterocycles. The Morgan fingerprint density at radius 1 is 1.28 bits per heavy atom. The van der Waals surface area contributed by atoms with Gasteiger partial charge in [-0.25, -0.2) is 4.79 Å². The number of aliphatic imine (C=N–C) groups is 1. The van der Waals surface area contributed by atoms with Crippen molar-refractivity contribution in [2.45, 2.75) is 26.2 Å². The van der Waals surface area contributed by atoms with Gasteiger partial charge < -0.3 is 10.1 Å². The topological polar surface area (TPSA) is 67.8 Å². The van der Waals surface area contributed by atoms with Gasteiger partial charge in [-0.15, -0.1) is 11.3 Å². The van der Waals surface area contributed by atoms with Crippen molar-refractivity contribution >= 4 is 56.1 Å². The van der Waals surface area contributed by atoms with Crippen LogP contribution >= 0.6 is 34.9 Å². The molecule has 2 aliphatic rings. The molecule has 2 aromatic rings. The summed E-state index contributed by atoms with van der Waals surface area (Å²) in [6.45, 7) is 2.97. The second kappa shape index (κ2) is 9.36. The summed E-state index contributed by atoms with van der Waals surface area (Å²) < 4.78 is 6.37. The number of hydrogen-bond donors (Lipinski definition) is 1. The molecular weight excluding hydrogens is 424 g/mol. The van der Waals surface area contributed by atoms with Crippen molar-refractivity contribution in [1.82, 2.24) is 0 Å². The van der Waals surface area contributed by atoms with Crippen LogP contribution in [0, 0.1) is 0 Å². The number of thiophene rings is 1. The number of aryl methyl sites for hydroxylation is 1. The highest BCUT2D eigenvalue weighted by Crippen LogP contribution is 2.45. The van der Waals surface area contributed by atoms with E-state index in [1.807, 2.05) is 12.1 Å². The Kier molecular flexibility index (Phi) is 6.62. The van der Waals surface area contributed by atoms with Crippen LogP contribution in [-0.4, -0.2) is 40.9 Å². The number of esters is 1. The van der Waals surface area contributed by atoms with E-state index in [-0.39, 0.29) is 11.9 Å². The van der Waals surface area contributed by atoms with Gasteiger partial charge in [-0.2, -0.15) is 0 Å². The van der Waals surface area contributed by atoms with Crippen molar-refractivity contribution in [1.29, 1.82) is 0 Å². The number of amides is 1. The van der Waals surface area contributed by atoms with Crippen molar-refractivity contribution in [3.05, 3.63) is 41.0 Å². The summed E-state index contributed by atoms with van der Waals surface area (Å²) >= 11 is 4.85. The first-order chi connectivity index (χ1) is 14.2. The average Bonchev–Trinajstić information content (AvgIpc) is 3.35. The molecule has 1 aliphatic carbocycles. The van der Waals surface area contributed by atoms with E-state index in [0.29, 0.717) is 29.3 Å². The van der Waals surface area contributed by atoms with E-state index >= 15 is 0 Å². The first kappa shape index (κ1) is 20.5. The van der Waals surface area contributed by atoms with Crippen molar-refractivity contribution in [3.8, 4) is 10.4 Å². The van der Waals surface area contributed by atoms with Crippen molar-refractivity contribution in [3.63, 3.8) is 0 Å². The summed E-state index contributed by atoms with van der Waals surface area (Å²) in [4.78, 5) is 30.7. The van der Waals surface area contributed by atoms with Gasteiger partial charge in [-0.05, 0) is 36.5 Å². The summed E-state index contributed by atoms with van der Waals surface area (Å²) in [7, 11) is 0. The van der Waals surface area contributed by atoms with E-state index in [1.165, 1.54) is 16.9 Å². The van der Waals surface area contributed by atoms with Gasteiger partial charge in [0.2, 0.25) is 5.91 Å². The number of benzene rings is 1. The number of anilines is 1. The van der Waals surface area contributed by atoms with Gasteiger partial charge in [0.05, 0.1) is 18.7 Å². The smallest absolute Gasteiger partial charge is 0.341 e. The number of carbonyl (C=O) groups is 2. The second-order valence-electron chi connectivity index (χ2n) is 6.63. The van der Waals surface area contributed by atoms with Crippen LogP contribution in [0.15, 0.2) is 29.3 Å². The highest BCUT2D eigenvalue weighted by molar-refractivity contribution is 8.39. The van der Waals surface area contributed by atoms with Crippen LogP contribution in [0.2, 0.25) is 0 Å². The fourth-order valence-electron chi connectivity index (χ4n) is 3.47. The first-order valence-corrected chi connectivity index (χ1v) is 12.5. The Bertz CT molecular complexity index is 968. The number of nitrogens with one attached hydrogen (secondary N) is 1. The van der Waals surface area contributed by atoms with Crippen molar-refractivity contribution in [2.24, 2.45) is 4.99 Å². The molecule has 1 N–H and O–H groups in total. The summed E-state index contributed by atoms with van der Waals surface area (Å²) in [6, 6.07) is 8.26. The van der Waals surface area contributed by atoms with Gasteiger partial charge in [0.25, 0.3) is 0 Å². The van der Waals surface area contributed by atoms with E-state index in [0.717, 1.165) is 45.5 Å². The van der Waals surface area contributed by atoms with Crippen LogP contribution in [-0.2, 0) is 22.4 Å². The molecule has 0 bridgehead atoms. The molecule has 8 heteroatoms. The maximum Gasteiger partial charge on any atom is 0.341 e. The number of carbonyl (C=O) groups excluding carboxylic acids is 2. The molecule has 5 nitrogen and oxygen atoms in total. The minimum Gasteiger partial charge on any atom is -0.462 e. The lowest BCUT2D eigenvalue weighted by atomic mass is 9.89. The molecule has 0 fully saturated rings. The maximum absolute atomic E-state index is 12.7. The molecule has 0 spiro atoms. The molecule has 0 saturated carbocycles. The average molecular weight is 447 g/mol. The Hall–Kier alpha value is -1.77. The molecule has 1 amide bonds. The zero-order valence-electron chi connectivity index (χ0n) is 16.2. The third-order valence-corrected chi connectivity index (χ3v) is 8.19. The number of ether oxygens (including phenoxy) is 1. The molecule has 29 heavy (non-hydrogen) atoms. The lowest BCUT2D eigenvalue weighted by Gasteiger charge is -2.16. The number of rotatable bonds is 6. The van der Waals surface area contributed by atoms with Gasteiger partial charge in [0, 0.05) is 22.8 Å². The molecule has 152 valence electrons. The zero-order valence-corrected chi connectivity index (χ0v) is 18.6. The monoisotopic (exact) mass is 446 g/mol. The van der Waals surface area contributed by atoms with E-state index in [2.05, 4.69) is 22.4 Å². The fraction of sp³-hybridized carbons (Fsp3) is 0.381. The second-order valence-corrected chi connectivity index (χ2v) is 10.1. The van der Waals surface area contributed by atoms with Crippen LogP contribution in [0.3, 0.4) is 0 Å². The van der Waals surface area contributed by atoms with E-state index in [1.54, 1.807) is 30.4 Å². The minimum absolute atomic E-state index is 0.0847. The van der Waals surface area contributed by atoms with Crippen molar-refractivity contribution in [2.75, 3.05) is 30.0 Å². The third kappa shape index (κ3) is 4.54. The number of thioether (sulfide) groups is 2. The highest BCUT2D eigenvalue weighted by Gasteiger charge is 2.29. The van der Waals surface area contributed by atoms with Crippen LogP contribution < -0.4 is 5.32 Å². The van der Waals surface area contributed by atoms with Gasteiger partial charge in [0.1, 0.15) is 9.38 Å². The quantitative estimate of drug-likeness (QED) is 0.642. The predicted octanol–water partition coefficient (Wildman–Crippen LogP) is 4.86.